The number of hydrogen-bond donors (Lipinski definition) is 0. The Balaban J connectivity index is 2.00. The normalized spacial score (nSPS) is 19.0. The first kappa shape index (κ1) is 42.9. The van der Waals surface area contributed by atoms with Crippen molar-refractivity contribution in [2.75, 3.05) is 27.3 Å². The summed E-state index contributed by atoms with van der Waals surface area (Å²) in [5, 5.41) is 0. The highest BCUT2D eigenvalue weighted by atomic mass is 16.5. The van der Waals surface area contributed by atoms with E-state index < -0.39 is 0 Å². The van der Waals surface area contributed by atoms with Crippen molar-refractivity contribution in [1.29, 1.82) is 0 Å². The smallest absolute Gasteiger partial charge is 0.0852 e. The lowest BCUT2D eigenvalue weighted by Crippen LogP contribution is -2.27. The van der Waals surface area contributed by atoms with Crippen LogP contribution in [-0.4, -0.2) is 50.5 Å². The number of allylic oxidation sites excluding steroid dienone is 8. The van der Waals surface area contributed by atoms with Crippen molar-refractivity contribution in [3.05, 3.63) is 48.6 Å². The van der Waals surface area contributed by atoms with Gasteiger partial charge in [-0.1, -0.05) is 140 Å². The molecule has 0 aromatic carbocycles. The van der Waals surface area contributed by atoms with Gasteiger partial charge in [0.1, 0.15) is 0 Å². The Morgan fingerprint density at radius 3 is 1.11 bits per heavy atom. The zero-order chi connectivity index (χ0) is 33.2. The van der Waals surface area contributed by atoms with Gasteiger partial charge in [-0.25, -0.2) is 0 Å². The summed E-state index contributed by atoms with van der Waals surface area (Å²) < 4.78 is 12.8. The number of rotatable bonds is 33. The SMILES string of the molecule is CCCCCC=CCC=CCCCCCCCCOC1CC(N(C)C)CC1OCCCCCCCCC=CCC=CCCCCC. The van der Waals surface area contributed by atoms with Gasteiger partial charge in [0, 0.05) is 19.3 Å². The van der Waals surface area contributed by atoms with Crippen molar-refractivity contribution < 1.29 is 9.47 Å². The van der Waals surface area contributed by atoms with Gasteiger partial charge in [-0.05, 0) is 104 Å². The lowest BCUT2D eigenvalue weighted by atomic mass is 10.1. The predicted octanol–water partition coefficient (Wildman–Crippen LogP) is 13.1. The summed E-state index contributed by atoms with van der Waals surface area (Å²) in [7, 11) is 4.41. The second-order valence-electron chi connectivity index (χ2n) is 14.1. The Hall–Kier alpha value is -1.16. The van der Waals surface area contributed by atoms with Crippen LogP contribution in [0.15, 0.2) is 48.6 Å². The molecule has 0 saturated heterocycles. The second kappa shape index (κ2) is 33.7. The molecule has 46 heavy (non-hydrogen) atoms. The fraction of sp³-hybridized carbons (Fsp3) is 0.814. The van der Waals surface area contributed by atoms with E-state index >= 15 is 0 Å². The summed E-state index contributed by atoms with van der Waals surface area (Å²) in [6.07, 6.45) is 52.5. The molecule has 0 amide bonds. The lowest BCUT2D eigenvalue weighted by molar-refractivity contribution is -0.0578. The van der Waals surface area contributed by atoms with Gasteiger partial charge in [0.25, 0.3) is 0 Å². The van der Waals surface area contributed by atoms with E-state index in [0.717, 1.165) is 38.9 Å². The quantitative estimate of drug-likeness (QED) is 0.0526. The summed E-state index contributed by atoms with van der Waals surface area (Å²) >= 11 is 0. The van der Waals surface area contributed by atoms with Crippen LogP contribution < -0.4 is 0 Å². The van der Waals surface area contributed by atoms with E-state index in [-0.39, 0.29) is 12.2 Å². The molecule has 268 valence electrons. The summed E-state index contributed by atoms with van der Waals surface area (Å²) in [4.78, 5) is 2.36. The van der Waals surface area contributed by atoms with E-state index in [9.17, 15) is 0 Å². The topological polar surface area (TPSA) is 21.7 Å². The monoisotopic (exact) mass is 642 g/mol. The van der Waals surface area contributed by atoms with Crippen LogP contribution in [0.2, 0.25) is 0 Å². The summed E-state index contributed by atoms with van der Waals surface area (Å²) in [6.45, 7) is 6.32. The van der Waals surface area contributed by atoms with Crippen LogP contribution in [-0.2, 0) is 9.47 Å². The second-order valence-corrected chi connectivity index (χ2v) is 14.1. The van der Waals surface area contributed by atoms with E-state index in [0.29, 0.717) is 6.04 Å². The maximum absolute atomic E-state index is 6.42. The number of hydrogen-bond acceptors (Lipinski definition) is 3. The molecule has 0 heterocycles. The molecule has 1 saturated carbocycles. The average molecular weight is 642 g/mol. The van der Waals surface area contributed by atoms with Crippen molar-refractivity contribution in [1.82, 2.24) is 4.90 Å². The molecule has 0 radical (unpaired) electrons. The van der Waals surface area contributed by atoms with Crippen molar-refractivity contribution in [2.45, 2.75) is 199 Å². The van der Waals surface area contributed by atoms with E-state index in [1.165, 1.54) is 141 Å². The molecule has 1 aliphatic rings. The van der Waals surface area contributed by atoms with E-state index in [1.807, 2.05) is 0 Å². The largest absolute Gasteiger partial charge is 0.375 e. The first-order chi connectivity index (χ1) is 22.7. The minimum atomic E-state index is 0.273. The van der Waals surface area contributed by atoms with Gasteiger partial charge in [0.2, 0.25) is 0 Å². The Morgan fingerprint density at radius 1 is 0.435 bits per heavy atom. The zero-order valence-electron chi connectivity index (χ0n) is 31.4. The molecule has 0 spiro atoms. The Bertz CT molecular complexity index is 681. The van der Waals surface area contributed by atoms with Gasteiger partial charge in [0.05, 0.1) is 12.2 Å². The molecule has 3 heteroatoms. The number of nitrogens with zero attached hydrogens (tertiary/aromatic N) is 1. The molecule has 2 unspecified atom stereocenters. The Kier molecular flexibility index (Phi) is 31.4. The molecule has 0 bridgehead atoms. The van der Waals surface area contributed by atoms with Gasteiger partial charge >= 0.3 is 0 Å². The van der Waals surface area contributed by atoms with Gasteiger partial charge in [0.15, 0.2) is 0 Å². The van der Waals surface area contributed by atoms with Crippen LogP contribution >= 0.6 is 0 Å². The van der Waals surface area contributed by atoms with Gasteiger partial charge in [-0.15, -0.1) is 0 Å². The summed E-state index contributed by atoms with van der Waals surface area (Å²) in [5.74, 6) is 0. The van der Waals surface area contributed by atoms with Crippen LogP contribution in [0.25, 0.3) is 0 Å². The molecule has 0 aromatic rings. The maximum Gasteiger partial charge on any atom is 0.0852 e. The molecule has 0 N–H and O–H groups in total. The maximum atomic E-state index is 6.42. The minimum Gasteiger partial charge on any atom is -0.375 e. The standard InChI is InChI=1S/C43H79NO2/c1-5-7-9-11-13-15-17-19-21-23-25-27-29-31-33-35-37-45-42-39-41(44(3)4)40-43(42)46-38-36-34-32-30-28-26-24-22-20-18-16-14-12-10-8-6-2/h13-16,19-22,41-43H,5-12,17-18,23-40H2,1-4H3. The molecule has 2 atom stereocenters. The molecule has 0 aliphatic heterocycles. The number of ether oxygens (including phenoxy) is 2. The fourth-order valence-electron chi connectivity index (χ4n) is 6.36. The molecule has 1 fully saturated rings. The third kappa shape index (κ3) is 26.9. The van der Waals surface area contributed by atoms with Crippen molar-refractivity contribution in [3.8, 4) is 0 Å². The van der Waals surface area contributed by atoms with Gasteiger partial charge in [-0.2, -0.15) is 0 Å². The van der Waals surface area contributed by atoms with E-state index in [4.69, 9.17) is 9.47 Å². The Labute approximate surface area is 288 Å². The lowest BCUT2D eigenvalue weighted by Gasteiger charge is -2.20. The predicted molar refractivity (Wildman–Crippen MR) is 205 cm³/mol. The van der Waals surface area contributed by atoms with E-state index in [2.05, 4.69) is 81.5 Å². The highest BCUT2D eigenvalue weighted by Gasteiger charge is 2.36. The molecule has 1 rings (SSSR count). The van der Waals surface area contributed by atoms with Crippen LogP contribution in [0.5, 0.6) is 0 Å². The highest BCUT2D eigenvalue weighted by Crippen LogP contribution is 2.29. The molecular formula is C43H79NO2. The zero-order valence-corrected chi connectivity index (χ0v) is 31.4. The summed E-state index contributed by atoms with van der Waals surface area (Å²) in [5.41, 5.74) is 0. The first-order valence-corrected chi connectivity index (χ1v) is 20.2. The molecule has 3 nitrogen and oxygen atoms in total. The average Bonchev–Trinajstić information content (AvgIpc) is 3.47. The van der Waals surface area contributed by atoms with Crippen LogP contribution in [0.1, 0.15) is 181 Å². The molecule has 1 aliphatic carbocycles. The van der Waals surface area contributed by atoms with Crippen molar-refractivity contribution in [2.24, 2.45) is 0 Å². The van der Waals surface area contributed by atoms with Crippen molar-refractivity contribution >= 4 is 0 Å². The van der Waals surface area contributed by atoms with Crippen LogP contribution in [0.4, 0.5) is 0 Å². The number of unbranched alkanes of at least 4 members (excludes halogenated alkanes) is 18. The Morgan fingerprint density at radius 2 is 0.761 bits per heavy atom. The highest BCUT2D eigenvalue weighted by molar-refractivity contribution is 4.93. The molecular weight excluding hydrogens is 562 g/mol. The van der Waals surface area contributed by atoms with Gasteiger partial charge in [-0.3, -0.25) is 0 Å². The third-order valence-corrected chi connectivity index (χ3v) is 9.51. The first-order valence-electron chi connectivity index (χ1n) is 20.2. The minimum absolute atomic E-state index is 0.273. The summed E-state index contributed by atoms with van der Waals surface area (Å²) in [6, 6.07) is 0.585. The fourth-order valence-corrected chi connectivity index (χ4v) is 6.36. The van der Waals surface area contributed by atoms with Crippen LogP contribution in [0, 0.1) is 0 Å². The van der Waals surface area contributed by atoms with E-state index in [1.54, 1.807) is 0 Å². The van der Waals surface area contributed by atoms with Gasteiger partial charge < -0.3 is 14.4 Å². The third-order valence-electron chi connectivity index (χ3n) is 9.51. The van der Waals surface area contributed by atoms with Crippen LogP contribution in [0.3, 0.4) is 0 Å². The molecule has 0 aromatic heterocycles. The van der Waals surface area contributed by atoms with Crippen molar-refractivity contribution in [3.63, 3.8) is 0 Å².